The summed E-state index contributed by atoms with van der Waals surface area (Å²) in [6.07, 6.45) is 4.30. The highest BCUT2D eigenvalue weighted by Gasteiger charge is 1.83. The first-order chi connectivity index (χ1) is 5.16. The van der Waals surface area contributed by atoms with Gasteiger partial charge >= 0.3 is 0 Å². The van der Waals surface area contributed by atoms with E-state index in [4.69, 9.17) is 0 Å². The van der Waals surface area contributed by atoms with Crippen molar-refractivity contribution in [3.63, 3.8) is 0 Å². The Bertz CT molecular complexity index is 146. The number of hydrogen-bond acceptors (Lipinski definition) is 2. The Morgan fingerprint density at radius 2 is 2.00 bits per heavy atom. The summed E-state index contributed by atoms with van der Waals surface area (Å²) >= 11 is 3.54. The third kappa shape index (κ3) is 8.08. The van der Waals surface area contributed by atoms with Gasteiger partial charge in [-0.15, -0.1) is 23.5 Å². The van der Waals surface area contributed by atoms with Crippen LogP contribution in [0, 0.1) is 5.92 Å². The molecular formula is C9H16S2. The highest BCUT2D eigenvalue weighted by molar-refractivity contribution is 8.07. The second-order valence-corrected chi connectivity index (χ2v) is 4.47. The summed E-state index contributed by atoms with van der Waals surface area (Å²) in [6.45, 7) is 6.49. The average molecular weight is 188 g/mol. The van der Waals surface area contributed by atoms with E-state index in [0.717, 1.165) is 0 Å². The van der Waals surface area contributed by atoms with Gasteiger partial charge in [-0.2, -0.15) is 0 Å². The molecule has 0 saturated carbocycles. The maximum atomic E-state index is 2.20. The lowest BCUT2D eigenvalue weighted by Crippen LogP contribution is -1.73. The van der Waals surface area contributed by atoms with E-state index < -0.39 is 0 Å². The van der Waals surface area contributed by atoms with E-state index >= 15 is 0 Å². The molecule has 0 saturated heterocycles. The van der Waals surface area contributed by atoms with Crippen molar-refractivity contribution in [2.75, 3.05) is 6.26 Å². The quantitative estimate of drug-likeness (QED) is 0.651. The van der Waals surface area contributed by atoms with Crippen LogP contribution in [0.4, 0.5) is 0 Å². The molecular weight excluding hydrogens is 172 g/mol. The van der Waals surface area contributed by atoms with Crippen molar-refractivity contribution in [2.24, 2.45) is 5.92 Å². The Morgan fingerprint density at radius 1 is 1.36 bits per heavy atom. The van der Waals surface area contributed by atoms with Crippen LogP contribution in [0.3, 0.4) is 0 Å². The number of hydrogen-bond donors (Lipinski definition) is 0. The van der Waals surface area contributed by atoms with Crippen LogP contribution < -0.4 is 0 Å². The lowest BCUT2D eigenvalue weighted by Gasteiger charge is -1.93. The largest absolute Gasteiger partial charge is 0.134 e. The lowest BCUT2D eigenvalue weighted by molar-refractivity contribution is 0.834. The molecule has 0 nitrogen and oxygen atoms in total. The highest BCUT2D eigenvalue weighted by Crippen LogP contribution is 2.16. The van der Waals surface area contributed by atoms with E-state index in [0.29, 0.717) is 5.92 Å². The van der Waals surface area contributed by atoms with Gasteiger partial charge in [-0.3, -0.25) is 0 Å². The SMILES string of the molecule is CSC(C)=CSC=CC(C)C. The third-order valence-corrected chi connectivity index (χ3v) is 2.81. The van der Waals surface area contributed by atoms with E-state index in [1.165, 1.54) is 4.91 Å². The molecule has 0 bridgehead atoms. The van der Waals surface area contributed by atoms with E-state index in [1.807, 2.05) is 0 Å². The normalized spacial score (nSPS) is 13.4. The predicted octanol–water partition coefficient (Wildman–Crippen LogP) is 4.11. The number of rotatable bonds is 4. The summed E-state index contributed by atoms with van der Waals surface area (Å²) in [5.41, 5.74) is 0. The van der Waals surface area contributed by atoms with E-state index in [1.54, 1.807) is 23.5 Å². The van der Waals surface area contributed by atoms with Gasteiger partial charge in [-0.25, -0.2) is 0 Å². The monoisotopic (exact) mass is 188 g/mol. The minimum atomic E-state index is 0.658. The van der Waals surface area contributed by atoms with Crippen LogP contribution in [0.2, 0.25) is 0 Å². The Kier molecular flexibility index (Phi) is 6.98. The first-order valence-electron chi connectivity index (χ1n) is 3.69. The van der Waals surface area contributed by atoms with E-state index in [-0.39, 0.29) is 0 Å². The molecule has 0 aromatic heterocycles. The molecule has 0 atom stereocenters. The first kappa shape index (κ1) is 11.2. The van der Waals surface area contributed by atoms with Gasteiger partial charge in [0.25, 0.3) is 0 Å². The molecule has 0 aromatic carbocycles. The predicted molar refractivity (Wildman–Crippen MR) is 58.8 cm³/mol. The van der Waals surface area contributed by atoms with Crippen molar-refractivity contribution in [2.45, 2.75) is 20.8 Å². The maximum absolute atomic E-state index is 2.20. The molecule has 0 unspecified atom stereocenters. The van der Waals surface area contributed by atoms with Crippen molar-refractivity contribution >= 4 is 23.5 Å². The topological polar surface area (TPSA) is 0 Å². The molecule has 0 N–H and O–H groups in total. The van der Waals surface area contributed by atoms with Gasteiger partial charge in [0.15, 0.2) is 0 Å². The minimum absolute atomic E-state index is 0.658. The Balaban J connectivity index is 3.55. The van der Waals surface area contributed by atoms with Crippen LogP contribution >= 0.6 is 23.5 Å². The van der Waals surface area contributed by atoms with Crippen molar-refractivity contribution in [3.8, 4) is 0 Å². The Labute approximate surface area is 78.5 Å². The molecule has 0 aliphatic carbocycles. The van der Waals surface area contributed by atoms with Crippen molar-refractivity contribution in [1.29, 1.82) is 0 Å². The molecule has 0 fully saturated rings. The van der Waals surface area contributed by atoms with E-state index in [2.05, 4.69) is 43.9 Å². The molecule has 0 aliphatic heterocycles. The third-order valence-electron chi connectivity index (χ3n) is 1.10. The zero-order chi connectivity index (χ0) is 8.69. The van der Waals surface area contributed by atoms with Crippen molar-refractivity contribution < 1.29 is 0 Å². The Morgan fingerprint density at radius 3 is 2.45 bits per heavy atom. The van der Waals surface area contributed by atoms with E-state index in [9.17, 15) is 0 Å². The summed E-state index contributed by atoms with van der Waals surface area (Å²) < 4.78 is 0. The number of allylic oxidation sites excluding steroid dienone is 2. The van der Waals surface area contributed by atoms with Crippen molar-refractivity contribution in [3.05, 3.63) is 21.8 Å². The maximum Gasteiger partial charge on any atom is -0.0120 e. The van der Waals surface area contributed by atoms with Crippen LogP contribution in [0.25, 0.3) is 0 Å². The summed E-state index contributed by atoms with van der Waals surface area (Å²) in [5, 5.41) is 4.31. The second-order valence-electron chi connectivity index (χ2n) is 2.64. The van der Waals surface area contributed by atoms with Crippen LogP contribution in [-0.4, -0.2) is 6.26 Å². The zero-order valence-electron chi connectivity index (χ0n) is 7.63. The minimum Gasteiger partial charge on any atom is -0.134 e. The lowest BCUT2D eigenvalue weighted by atomic mass is 10.2. The Hall–Kier alpha value is 0.180. The van der Waals surface area contributed by atoms with Gasteiger partial charge in [0.2, 0.25) is 0 Å². The molecule has 0 amide bonds. The molecule has 0 rings (SSSR count). The molecule has 0 radical (unpaired) electrons. The molecule has 64 valence electrons. The fraction of sp³-hybridized carbons (Fsp3) is 0.556. The van der Waals surface area contributed by atoms with Crippen LogP contribution in [0.5, 0.6) is 0 Å². The standard InChI is InChI=1S/C9H16S2/c1-8(2)5-6-11-7-9(3)10-4/h5-8H,1-4H3. The van der Waals surface area contributed by atoms with Gasteiger partial charge in [0.1, 0.15) is 0 Å². The fourth-order valence-corrected chi connectivity index (χ4v) is 1.61. The summed E-state index contributed by atoms with van der Waals surface area (Å²) in [5.74, 6) is 0.658. The highest BCUT2D eigenvalue weighted by atomic mass is 32.2. The molecule has 0 heterocycles. The molecule has 11 heavy (non-hydrogen) atoms. The van der Waals surface area contributed by atoms with Gasteiger partial charge in [-0.05, 0) is 34.8 Å². The van der Waals surface area contributed by atoms with Crippen LogP contribution in [0.15, 0.2) is 21.8 Å². The second kappa shape index (κ2) is 6.86. The number of thioether (sulfide) groups is 2. The summed E-state index contributed by atoms with van der Waals surface area (Å²) in [7, 11) is 0. The molecule has 0 aromatic rings. The smallest absolute Gasteiger partial charge is 0.0120 e. The average Bonchev–Trinajstić information content (AvgIpc) is 1.97. The van der Waals surface area contributed by atoms with Gasteiger partial charge < -0.3 is 0 Å². The molecule has 0 spiro atoms. The van der Waals surface area contributed by atoms with Crippen LogP contribution in [-0.2, 0) is 0 Å². The van der Waals surface area contributed by atoms with Crippen molar-refractivity contribution in [1.82, 2.24) is 0 Å². The first-order valence-corrected chi connectivity index (χ1v) is 5.86. The summed E-state index contributed by atoms with van der Waals surface area (Å²) in [6, 6.07) is 0. The molecule has 2 heteroatoms. The van der Waals surface area contributed by atoms with Crippen LogP contribution in [0.1, 0.15) is 20.8 Å². The zero-order valence-corrected chi connectivity index (χ0v) is 9.26. The fourth-order valence-electron chi connectivity index (χ4n) is 0.386. The van der Waals surface area contributed by atoms with Gasteiger partial charge in [0.05, 0.1) is 0 Å². The van der Waals surface area contributed by atoms with Gasteiger partial charge in [-0.1, -0.05) is 19.9 Å². The van der Waals surface area contributed by atoms with Gasteiger partial charge in [0, 0.05) is 0 Å². The molecule has 0 aliphatic rings. The summed E-state index contributed by atoms with van der Waals surface area (Å²) in [4.78, 5) is 1.36.